The van der Waals surface area contributed by atoms with E-state index in [1.165, 1.54) is 22.0 Å². The predicted octanol–water partition coefficient (Wildman–Crippen LogP) is 3.27. The molecule has 2 aromatic carbocycles. The number of rotatable bonds is 10. The lowest BCUT2D eigenvalue weighted by molar-refractivity contribution is 0.0941. The van der Waals surface area contributed by atoms with Crippen molar-refractivity contribution < 1.29 is 13.2 Å². The largest absolute Gasteiger partial charge is 0.350 e. The van der Waals surface area contributed by atoms with E-state index in [1.807, 2.05) is 32.3 Å². The third-order valence-corrected chi connectivity index (χ3v) is 7.59. The summed E-state index contributed by atoms with van der Waals surface area (Å²) in [5, 5.41) is 3.03. The van der Waals surface area contributed by atoms with Crippen molar-refractivity contribution in [3.8, 4) is 0 Å². The van der Waals surface area contributed by atoms with E-state index in [2.05, 4.69) is 22.3 Å². The molecule has 8 heteroatoms. The maximum atomic E-state index is 12.9. The number of hydrogen-bond donors (Lipinski definition) is 1. The van der Waals surface area contributed by atoms with Crippen molar-refractivity contribution in [2.45, 2.75) is 31.2 Å². The van der Waals surface area contributed by atoms with Gasteiger partial charge in [0.15, 0.2) is 0 Å². The van der Waals surface area contributed by atoms with Crippen molar-refractivity contribution >= 4 is 27.5 Å². The van der Waals surface area contributed by atoms with Crippen molar-refractivity contribution in [2.24, 2.45) is 0 Å². The highest BCUT2D eigenvalue weighted by Gasteiger charge is 2.25. The molecular formula is C22H30ClN3O3S. The minimum atomic E-state index is -3.76. The van der Waals surface area contributed by atoms with Gasteiger partial charge < -0.3 is 10.2 Å². The first-order valence-corrected chi connectivity index (χ1v) is 11.8. The Bertz CT molecular complexity index is 945. The van der Waals surface area contributed by atoms with Gasteiger partial charge >= 0.3 is 0 Å². The van der Waals surface area contributed by atoms with Crippen molar-refractivity contribution in [1.29, 1.82) is 0 Å². The number of amides is 1. The van der Waals surface area contributed by atoms with Gasteiger partial charge in [-0.15, -0.1) is 0 Å². The Balaban J connectivity index is 2.17. The fourth-order valence-corrected chi connectivity index (χ4v) is 5.14. The number of nitrogens with one attached hydrogen (secondary N) is 1. The van der Waals surface area contributed by atoms with Crippen LogP contribution in [0.3, 0.4) is 0 Å². The average Bonchev–Trinajstić information content (AvgIpc) is 2.72. The molecule has 0 aromatic heterocycles. The van der Waals surface area contributed by atoms with Gasteiger partial charge in [0.25, 0.3) is 5.91 Å². The third-order valence-electron chi connectivity index (χ3n) is 5.06. The zero-order valence-electron chi connectivity index (χ0n) is 17.9. The van der Waals surface area contributed by atoms with Gasteiger partial charge in [-0.3, -0.25) is 4.79 Å². The lowest BCUT2D eigenvalue weighted by Gasteiger charge is -2.25. The summed E-state index contributed by atoms with van der Waals surface area (Å²) < 4.78 is 27.0. The smallest absolute Gasteiger partial charge is 0.251 e. The zero-order valence-corrected chi connectivity index (χ0v) is 19.5. The van der Waals surface area contributed by atoms with Crippen LogP contribution in [0.1, 0.15) is 29.8 Å². The quantitative estimate of drug-likeness (QED) is 0.601. The molecule has 30 heavy (non-hydrogen) atoms. The normalized spacial score (nSPS) is 12.9. The molecule has 0 bridgehead atoms. The first kappa shape index (κ1) is 24.3. The van der Waals surface area contributed by atoms with Gasteiger partial charge in [-0.1, -0.05) is 55.8 Å². The summed E-state index contributed by atoms with van der Waals surface area (Å²) >= 11 is 6.16. The average molecular weight is 452 g/mol. The van der Waals surface area contributed by atoms with Gasteiger partial charge in [-0.25, -0.2) is 8.42 Å². The summed E-state index contributed by atoms with van der Waals surface area (Å²) in [6.45, 7) is 4.62. The van der Waals surface area contributed by atoms with Crippen LogP contribution in [0.4, 0.5) is 0 Å². The number of likely N-dealkylation sites (N-methyl/N-ethyl adjacent to an activating group) is 1. The summed E-state index contributed by atoms with van der Waals surface area (Å²) in [5.41, 5.74) is 1.45. The van der Waals surface area contributed by atoms with Gasteiger partial charge in [0.2, 0.25) is 10.0 Å². The molecule has 0 saturated carbocycles. The molecule has 2 rings (SSSR count). The molecule has 0 aliphatic heterocycles. The topological polar surface area (TPSA) is 69.7 Å². The highest BCUT2D eigenvalue weighted by atomic mass is 35.5. The summed E-state index contributed by atoms with van der Waals surface area (Å²) in [5.74, 6) is -0.331. The van der Waals surface area contributed by atoms with Gasteiger partial charge in [0.05, 0.1) is 5.02 Å². The Hall–Kier alpha value is -1.93. The lowest BCUT2D eigenvalue weighted by atomic mass is 10.1. The number of halogens is 1. The molecule has 0 spiro atoms. The second kappa shape index (κ2) is 10.9. The van der Waals surface area contributed by atoms with Gasteiger partial charge in [-0.2, -0.15) is 4.31 Å². The van der Waals surface area contributed by atoms with Gasteiger partial charge in [-0.05, 0) is 44.3 Å². The predicted molar refractivity (Wildman–Crippen MR) is 122 cm³/mol. The Labute approximate surface area is 184 Å². The number of hydrogen-bond acceptors (Lipinski definition) is 4. The maximum absolute atomic E-state index is 12.9. The van der Waals surface area contributed by atoms with Crippen LogP contribution in [0.15, 0.2) is 53.4 Å². The molecule has 0 radical (unpaired) electrons. The first-order valence-electron chi connectivity index (χ1n) is 9.98. The summed E-state index contributed by atoms with van der Waals surface area (Å²) in [7, 11) is 0.178. The van der Waals surface area contributed by atoms with Crippen molar-refractivity contribution in [3.05, 3.63) is 64.7 Å². The second-order valence-corrected chi connectivity index (χ2v) is 9.57. The molecule has 1 N–H and O–H groups in total. The Kier molecular flexibility index (Phi) is 8.85. The molecular weight excluding hydrogens is 422 g/mol. The second-order valence-electron chi connectivity index (χ2n) is 7.25. The van der Waals surface area contributed by atoms with E-state index in [1.54, 1.807) is 19.9 Å². The van der Waals surface area contributed by atoms with Crippen LogP contribution >= 0.6 is 11.6 Å². The number of carbonyl (C=O) groups is 1. The molecule has 1 atom stereocenters. The van der Waals surface area contributed by atoms with Crippen LogP contribution in [-0.4, -0.2) is 63.3 Å². The molecule has 0 saturated heterocycles. The van der Waals surface area contributed by atoms with Gasteiger partial charge in [0.1, 0.15) is 4.90 Å². The van der Waals surface area contributed by atoms with Crippen LogP contribution < -0.4 is 5.32 Å². The van der Waals surface area contributed by atoms with Crippen LogP contribution in [0.25, 0.3) is 0 Å². The highest BCUT2D eigenvalue weighted by molar-refractivity contribution is 7.89. The summed E-state index contributed by atoms with van der Waals surface area (Å²) in [6, 6.07) is 14.5. The maximum Gasteiger partial charge on any atom is 0.251 e. The van der Waals surface area contributed by atoms with Crippen LogP contribution in [0, 0.1) is 0 Å². The fourth-order valence-electron chi connectivity index (χ4n) is 3.18. The standard InChI is InChI=1S/C22H30ClN3O3S/c1-5-26(6-2)30(28,29)21-15-18(12-13-20(21)23)22(27)24-16-19(25(3)4)14-17-10-8-7-9-11-17/h7-13,15,19H,5-6,14,16H2,1-4H3,(H,24,27)/t19-/m1/s1. The molecule has 0 fully saturated rings. The van der Waals surface area contributed by atoms with Crippen LogP contribution in [0.5, 0.6) is 0 Å². The summed E-state index contributed by atoms with van der Waals surface area (Å²) in [4.78, 5) is 14.8. The molecule has 0 unspecified atom stereocenters. The van der Waals surface area contributed by atoms with E-state index in [9.17, 15) is 13.2 Å². The van der Waals surface area contributed by atoms with E-state index in [0.717, 1.165) is 6.42 Å². The van der Waals surface area contributed by atoms with E-state index < -0.39 is 10.0 Å². The van der Waals surface area contributed by atoms with Crippen LogP contribution in [-0.2, 0) is 16.4 Å². The number of carbonyl (C=O) groups excluding carboxylic acids is 1. The van der Waals surface area contributed by atoms with Crippen molar-refractivity contribution in [1.82, 2.24) is 14.5 Å². The van der Waals surface area contributed by atoms with E-state index in [-0.39, 0.29) is 27.4 Å². The monoisotopic (exact) mass is 451 g/mol. The highest BCUT2D eigenvalue weighted by Crippen LogP contribution is 2.26. The Morgan fingerprint density at radius 3 is 2.27 bits per heavy atom. The van der Waals surface area contributed by atoms with E-state index in [0.29, 0.717) is 19.6 Å². The molecule has 0 heterocycles. The minimum Gasteiger partial charge on any atom is -0.350 e. The Morgan fingerprint density at radius 1 is 1.07 bits per heavy atom. The van der Waals surface area contributed by atoms with Crippen molar-refractivity contribution in [2.75, 3.05) is 33.7 Å². The minimum absolute atomic E-state index is 0.0473. The molecule has 164 valence electrons. The van der Waals surface area contributed by atoms with Crippen molar-refractivity contribution in [3.63, 3.8) is 0 Å². The molecule has 1 amide bonds. The first-order chi connectivity index (χ1) is 14.2. The Morgan fingerprint density at radius 2 is 1.70 bits per heavy atom. The molecule has 6 nitrogen and oxygen atoms in total. The lowest BCUT2D eigenvalue weighted by Crippen LogP contribution is -2.41. The molecule has 2 aromatic rings. The molecule has 0 aliphatic carbocycles. The summed E-state index contributed by atoms with van der Waals surface area (Å²) in [6.07, 6.45) is 0.788. The van der Waals surface area contributed by atoms with Crippen LogP contribution in [0.2, 0.25) is 5.02 Å². The third kappa shape index (κ3) is 6.04. The number of nitrogens with zero attached hydrogens (tertiary/aromatic N) is 2. The van der Waals surface area contributed by atoms with Gasteiger partial charge in [0, 0.05) is 31.2 Å². The fraction of sp³-hybridized carbons (Fsp3) is 0.409. The number of sulfonamides is 1. The van der Waals surface area contributed by atoms with E-state index >= 15 is 0 Å². The molecule has 0 aliphatic rings. The zero-order chi connectivity index (χ0) is 22.3. The van der Waals surface area contributed by atoms with E-state index in [4.69, 9.17) is 11.6 Å². The number of benzene rings is 2. The SMILES string of the molecule is CCN(CC)S(=O)(=O)c1cc(C(=O)NC[C@@H](Cc2ccccc2)N(C)C)ccc1Cl.